The van der Waals surface area contributed by atoms with Crippen LogP contribution >= 0.6 is 0 Å². The molecule has 1 amide bonds. The number of para-hydroxylation sites is 1. The maximum Gasteiger partial charge on any atom is 0.253 e. The van der Waals surface area contributed by atoms with Gasteiger partial charge in [0.15, 0.2) is 0 Å². The fraction of sp³-hybridized carbons (Fsp3) is 0.222. The van der Waals surface area contributed by atoms with Crippen molar-refractivity contribution < 1.29 is 9.53 Å². The Hall–Kier alpha value is -2.82. The van der Waals surface area contributed by atoms with Crippen LogP contribution in [0.1, 0.15) is 22.8 Å². The van der Waals surface area contributed by atoms with Crippen LogP contribution in [-0.2, 0) is 13.1 Å². The highest BCUT2D eigenvalue weighted by molar-refractivity contribution is 6.06. The molecule has 3 rings (SSSR count). The van der Waals surface area contributed by atoms with Crippen molar-refractivity contribution in [1.29, 1.82) is 0 Å². The maximum atomic E-state index is 12.6. The summed E-state index contributed by atoms with van der Waals surface area (Å²) in [6.45, 7) is 3.26. The number of fused-ring (bicyclic) bond motifs is 1. The highest BCUT2D eigenvalue weighted by Crippen LogP contribution is 2.21. The Morgan fingerprint density at radius 2 is 2.09 bits per heavy atom. The smallest absolute Gasteiger partial charge is 0.253 e. The molecule has 0 spiro atoms. The lowest BCUT2D eigenvalue weighted by Gasteiger charge is -2.08. The molecule has 118 valence electrons. The Morgan fingerprint density at radius 3 is 2.87 bits per heavy atom. The molecule has 0 aliphatic heterocycles. The van der Waals surface area contributed by atoms with E-state index in [2.05, 4.69) is 21.8 Å². The van der Waals surface area contributed by atoms with Gasteiger partial charge in [0, 0.05) is 41.9 Å². The Balaban J connectivity index is 1.84. The molecule has 0 unspecified atom stereocenters. The van der Waals surface area contributed by atoms with Crippen molar-refractivity contribution >= 4 is 16.8 Å². The van der Waals surface area contributed by atoms with Crippen LogP contribution in [0.25, 0.3) is 10.9 Å². The number of rotatable bonds is 5. The average Bonchev–Trinajstić information content (AvgIpc) is 2.99. The third-order valence-corrected chi connectivity index (χ3v) is 3.86. The molecule has 0 radical (unpaired) electrons. The van der Waals surface area contributed by atoms with E-state index in [-0.39, 0.29) is 5.91 Å². The molecule has 0 saturated carbocycles. The Bertz CT molecular complexity index is 839. The second kappa shape index (κ2) is 6.52. The van der Waals surface area contributed by atoms with Crippen molar-refractivity contribution in [2.75, 3.05) is 7.11 Å². The largest absolute Gasteiger partial charge is 0.481 e. The minimum atomic E-state index is -0.0979. The molecule has 0 aliphatic carbocycles. The van der Waals surface area contributed by atoms with Crippen LogP contribution in [0.4, 0.5) is 0 Å². The third kappa shape index (κ3) is 2.90. The van der Waals surface area contributed by atoms with Gasteiger partial charge >= 0.3 is 0 Å². The van der Waals surface area contributed by atoms with Gasteiger partial charge in [-0.1, -0.05) is 24.3 Å². The zero-order chi connectivity index (χ0) is 16.2. The number of hydrogen-bond donors (Lipinski definition) is 1. The average molecular weight is 309 g/mol. The number of hydrogen-bond acceptors (Lipinski definition) is 3. The van der Waals surface area contributed by atoms with Gasteiger partial charge in [-0.2, -0.15) is 0 Å². The summed E-state index contributed by atoms with van der Waals surface area (Å²) in [7, 11) is 1.57. The number of methoxy groups -OCH3 is 1. The number of ether oxygens (including phenoxy) is 1. The number of benzene rings is 1. The number of aryl methyl sites for hydroxylation is 1. The first kappa shape index (κ1) is 15.1. The van der Waals surface area contributed by atoms with Crippen LogP contribution in [-0.4, -0.2) is 22.6 Å². The molecular formula is C18H19N3O2. The highest BCUT2D eigenvalue weighted by atomic mass is 16.5. The summed E-state index contributed by atoms with van der Waals surface area (Å²) in [5.41, 5.74) is 2.60. The standard InChI is InChI=1S/C18H19N3O2/c1-3-21-12-15(14-8-4-5-9-16(14)21)17(22)20-11-13-7-6-10-19-18(13)23-2/h4-10,12H,3,11H2,1-2H3,(H,20,22). The zero-order valence-electron chi connectivity index (χ0n) is 13.2. The van der Waals surface area contributed by atoms with E-state index in [4.69, 9.17) is 4.74 Å². The highest BCUT2D eigenvalue weighted by Gasteiger charge is 2.14. The lowest BCUT2D eigenvalue weighted by atomic mass is 10.1. The first-order chi connectivity index (χ1) is 11.2. The van der Waals surface area contributed by atoms with Gasteiger partial charge in [0.05, 0.1) is 12.7 Å². The number of aromatic nitrogens is 2. The monoisotopic (exact) mass is 309 g/mol. The van der Waals surface area contributed by atoms with Crippen LogP contribution in [0, 0.1) is 0 Å². The van der Waals surface area contributed by atoms with Crippen molar-refractivity contribution in [3.63, 3.8) is 0 Å². The van der Waals surface area contributed by atoms with Gasteiger partial charge in [-0.15, -0.1) is 0 Å². The number of carbonyl (C=O) groups excluding carboxylic acids is 1. The quantitative estimate of drug-likeness (QED) is 0.788. The lowest BCUT2D eigenvalue weighted by Crippen LogP contribution is -2.23. The van der Waals surface area contributed by atoms with Crippen molar-refractivity contribution in [2.24, 2.45) is 0 Å². The van der Waals surface area contributed by atoms with Crippen molar-refractivity contribution in [1.82, 2.24) is 14.9 Å². The number of nitrogens with zero attached hydrogens (tertiary/aromatic N) is 2. The van der Waals surface area contributed by atoms with Gasteiger partial charge in [-0.3, -0.25) is 4.79 Å². The minimum absolute atomic E-state index is 0.0979. The van der Waals surface area contributed by atoms with E-state index in [1.54, 1.807) is 13.3 Å². The van der Waals surface area contributed by atoms with E-state index in [0.717, 1.165) is 23.0 Å². The minimum Gasteiger partial charge on any atom is -0.481 e. The molecule has 2 heterocycles. The number of carbonyl (C=O) groups is 1. The predicted molar refractivity (Wildman–Crippen MR) is 89.6 cm³/mol. The Labute approximate surface area is 134 Å². The zero-order valence-corrected chi connectivity index (χ0v) is 13.2. The van der Waals surface area contributed by atoms with Gasteiger partial charge in [0.25, 0.3) is 5.91 Å². The van der Waals surface area contributed by atoms with E-state index in [1.165, 1.54) is 0 Å². The summed E-state index contributed by atoms with van der Waals surface area (Å²) >= 11 is 0. The van der Waals surface area contributed by atoms with Crippen LogP contribution in [0.15, 0.2) is 48.8 Å². The molecule has 0 fully saturated rings. The molecule has 23 heavy (non-hydrogen) atoms. The topological polar surface area (TPSA) is 56.2 Å². The summed E-state index contributed by atoms with van der Waals surface area (Å²) < 4.78 is 7.29. The van der Waals surface area contributed by atoms with Gasteiger partial charge < -0.3 is 14.6 Å². The lowest BCUT2D eigenvalue weighted by molar-refractivity contribution is 0.0952. The summed E-state index contributed by atoms with van der Waals surface area (Å²) in [5, 5.41) is 3.91. The molecule has 0 aliphatic rings. The Morgan fingerprint density at radius 1 is 1.26 bits per heavy atom. The van der Waals surface area contributed by atoms with Crippen LogP contribution in [0.5, 0.6) is 5.88 Å². The molecule has 1 N–H and O–H groups in total. The summed E-state index contributed by atoms with van der Waals surface area (Å²) in [4.78, 5) is 16.7. The van der Waals surface area contributed by atoms with Gasteiger partial charge in [-0.25, -0.2) is 4.98 Å². The van der Waals surface area contributed by atoms with E-state index >= 15 is 0 Å². The number of nitrogens with one attached hydrogen (secondary N) is 1. The van der Waals surface area contributed by atoms with Gasteiger partial charge in [0.2, 0.25) is 5.88 Å². The van der Waals surface area contributed by atoms with E-state index < -0.39 is 0 Å². The van der Waals surface area contributed by atoms with Crippen molar-refractivity contribution in [2.45, 2.75) is 20.0 Å². The van der Waals surface area contributed by atoms with Crippen LogP contribution < -0.4 is 10.1 Å². The van der Waals surface area contributed by atoms with Crippen LogP contribution in [0.2, 0.25) is 0 Å². The van der Waals surface area contributed by atoms with Crippen molar-refractivity contribution in [3.05, 3.63) is 59.9 Å². The predicted octanol–water partition coefficient (Wildman–Crippen LogP) is 2.99. The molecular weight excluding hydrogens is 290 g/mol. The molecule has 1 aromatic carbocycles. The second-order valence-corrected chi connectivity index (χ2v) is 5.20. The van der Waals surface area contributed by atoms with E-state index in [1.807, 2.05) is 42.6 Å². The first-order valence-corrected chi connectivity index (χ1v) is 7.58. The fourth-order valence-corrected chi connectivity index (χ4v) is 2.70. The number of pyridine rings is 1. The second-order valence-electron chi connectivity index (χ2n) is 5.20. The normalized spacial score (nSPS) is 10.7. The first-order valence-electron chi connectivity index (χ1n) is 7.58. The Kier molecular flexibility index (Phi) is 4.28. The molecule has 3 aromatic rings. The van der Waals surface area contributed by atoms with Crippen LogP contribution in [0.3, 0.4) is 0 Å². The van der Waals surface area contributed by atoms with Crippen molar-refractivity contribution in [3.8, 4) is 5.88 Å². The molecule has 0 saturated heterocycles. The SMILES string of the molecule is CCn1cc(C(=O)NCc2cccnc2OC)c2ccccc21. The third-order valence-electron chi connectivity index (χ3n) is 3.86. The molecule has 5 heteroatoms. The van der Waals surface area contributed by atoms with Gasteiger partial charge in [-0.05, 0) is 19.1 Å². The molecule has 2 aromatic heterocycles. The summed E-state index contributed by atoms with van der Waals surface area (Å²) in [5.74, 6) is 0.433. The molecule has 0 atom stereocenters. The fourth-order valence-electron chi connectivity index (χ4n) is 2.70. The molecule has 5 nitrogen and oxygen atoms in total. The molecule has 0 bridgehead atoms. The van der Waals surface area contributed by atoms with E-state index in [0.29, 0.717) is 18.0 Å². The summed E-state index contributed by atoms with van der Waals surface area (Å²) in [6, 6.07) is 11.6. The number of amides is 1. The van der Waals surface area contributed by atoms with E-state index in [9.17, 15) is 4.79 Å². The maximum absolute atomic E-state index is 12.6. The van der Waals surface area contributed by atoms with Gasteiger partial charge in [0.1, 0.15) is 0 Å². The summed E-state index contributed by atoms with van der Waals surface area (Å²) in [6.07, 6.45) is 3.57.